The van der Waals surface area contributed by atoms with Crippen molar-refractivity contribution in [1.82, 2.24) is 0 Å². The van der Waals surface area contributed by atoms with Crippen LogP contribution in [0.5, 0.6) is 5.75 Å². The number of nitrogens with zero attached hydrogens (tertiary/aromatic N) is 1. The number of hydrogen-bond acceptors (Lipinski definition) is 2. The van der Waals surface area contributed by atoms with E-state index < -0.39 is 0 Å². The second kappa shape index (κ2) is 5.41. The van der Waals surface area contributed by atoms with Gasteiger partial charge in [0, 0.05) is 0 Å². The molecule has 0 aromatic heterocycles. The van der Waals surface area contributed by atoms with Crippen molar-refractivity contribution in [3.63, 3.8) is 0 Å². The lowest BCUT2D eigenvalue weighted by molar-refractivity contribution is 0.255. The summed E-state index contributed by atoms with van der Waals surface area (Å²) in [6.07, 6.45) is 1.11. The Bertz CT molecular complexity index is 365. The molecule has 0 saturated carbocycles. The first-order chi connectivity index (χ1) is 7.17. The average Bonchev–Trinajstić information content (AvgIpc) is 2.27. The highest BCUT2D eigenvalue weighted by atomic mass is 16.5. The van der Waals surface area contributed by atoms with E-state index in [1.54, 1.807) is 6.07 Å². The molecule has 2 nitrogen and oxygen atoms in total. The van der Waals surface area contributed by atoms with Gasteiger partial charge in [0.2, 0.25) is 0 Å². The van der Waals surface area contributed by atoms with Gasteiger partial charge >= 0.3 is 0 Å². The SMILES string of the molecule is CCC(C)COc1cc(C#N)ccc1C. The van der Waals surface area contributed by atoms with Gasteiger partial charge < -0.3 is 4.74 Å². The van der Waals surface area contributed by atoms with E-state index in [4.69, 9.17) is 10.00 Å². The second-order valence-corrected chi connectivity index (χ2v) is 3.92. The zero-order valence-corrected chi connectivity index (χ0v) is 9.58. The molecule has 2 heteroatoms. The summed E-state index contributed by atoms with van der Waals surface area (Å²) in [7, 11) is 0. The Balaban J connectivity index is 2.72. The first-order valence-corrected chi connectivity index (χ1v) is 5.31. The van der Waals surface area contributed by atoms with E-state index in [-0.39, 0.29) is 0 Å². The largest absolute Gasteiger partial charge is 0.493 e. The summed E-state index contributed by atoms with van der Waals surface area (Å²) < 4.78 is 5.68. The van der Waals surface area contributed by atoms with E-state index in [2.05, 4.69) is 19.9 Å². The van der Waals surface area contributed by atoms with Crippen molar-refractivity contribution in [2.24, 2.45) is 5.92 Å². The maximum Gasteiger partial charge on any atom is 0.123 e. The van der Waals surface area contributed by atoms with Gasteiger partial charge in [0.1, 0.15) is 5.75 Å². The molecule has 15 heavy (non-hydrogen) atoms. The quantitative estimate of drug-likeness (QED) is 0.752. The van der Waals surface area contributed by atoms with Crippen molar-refractivity contribution in [3.8, 4) is 11.8 Å². The summed E-state index contributed by atoms with van der Waals surface area (Å²) in [6.45, 7) is 7.01. The van der Waals surface area contributed by atoms with Crippen LogP contribution in [0, 0.1) is 24.2 Å². The molecule has 0 saturated heterocycles. The molecule has 0 spiro atoms. The smallest absolute Gasteiger partial charge is 0.123 e. The lowest BCUT2D eigenvalue weighted by atomic mass is 10.1. The van der Waals surface area contributed by atoms with Crippen LogP contribution in [-0.4, -0.2) is 6.61 Å². The molecule has 0 radical (unpaired) electrons. The molecule has 0 aliphatic rings. The van der Waals surface area contributed by atoms with E-state index in [9.17, 15) is 0 Å². The molecular formula is C13H17NO. The number of rotatable bonds is 4. The summed E-state index contributed by atoms with van der Waals surface area (Å²) in [6, 6.07) is 7.65. The fourth-order valence-corrected chi connectivity index (χ4v) is 1.18. The van der Waals surface area contributed by atoms with Crippen LogP contribution in [0.2, 0.25) is 0 Å². The molecule has 0 aliphatic heterocycles. The maximum absolute atomic E-state index is 8.77. The van der Waals surface area contributed by atoms with Gasteiger partial charge in [-0.15, -0.1) is 0 Å². The third-order valence-electron chi connectivity index (χ3n) is 2.54. The van der Waals surface area contributed by atoms with Crippen molar-refractivity contribution >= 4 is 0 Å². The van der Waals surface area contributed by atoms with E-state index in [1.165, 1.54) is 0 Å². The minimum Gasteiger partial charge on any atom is -0.493 e. The zero-order valence-electron chi connectivity index (χ0n) is 9.58. The Hall–Kier alpha value is -1.49. The molecule has 0 bridgehead atoms. The van der Waals surface area contributed by atoms with Gasteiger partial charge in [-0.3, -0.25) is 0 Å². The van der Waals surface area contributed by atoms with Gasteiger partial charge in [0.25, 0.3) is 0 Å². The lowest BCUT2D eigenvalue weighted by Gasteiger charge is -2.12. The van der Waals surface area contributed by atoms with Gasteiger partial charge in [0.15, 0.2) is 0 Å². The van der Waals surface area contributed by atoms with Crippen LogP contribution in [0.25, 0.3) is 0 Å². The van der Waals surface area contributed by atoms with Crippen molar-refractivity contribution in [2.75, 3.05) is 6.61 Å². The molecule has 1 aromatic carbocycles. The summed E-state index contributed by atoms with van der Waals surface area (Å²) in [4.78, 5) is 0. The van der Waals surface area contributed by atoms with Gasteiger partial charge in [-0.2, -0.15) is 5.26 Å². The molecule has 0 amide bonds. The van der Waals surface area contributed by atoms with Crippen LogP contribution < -0.4 is 4.74 Å². The van der Waals surface area contributed by atoms with E-state index in [1.807, 2.05) is 19.1 Å². The highest BCUT2D eigenvalue weighted by Crippen LogP contribution is 2.20. The highest BCUT2D eigenvalue weighted by Gasteiger charge is 2.04. The highest BCUT2D eigenvalue weighted by molar-refractivity contribution is 5.41. The molecule has 0 aliphatic carbocycles. The zero-order chi connectivity index (χ0) is 11.3. The third-order valence-corrected chi connectivity index (χ3v) is 2.54. The lowest BCUT2D eigenvalue weighted by Crippen LogP contribution is -2.08. The number of ether oxygens (including phenoxy) is 1. The number of hydrogen-bond donors (Lipinski definition) is 0. The number of aryl methyl sites for hydroxylation is 1. The van der Waals surface area contributed by atoms with Crippen molar-refractivity contribution < 1.29 is 4.74 Å². The van der Waals surface area contributed by atoms with Gasteiger partial charge in [0.05, 0.1) is 18.2 Å². The Morgan fingerprint density at radius 1 is 1.47 bits per heavy atom. The minimum atomic E-state index is 0.551. The minimum absolute atomic E-state index is 0.551. The second-order valence-electron chi connectivity index (χ2n) is 3.92. The Morgan fingerprint density at radius 3 is 2.80 bits per heavy atom. The molecular weight excluding hydrogens is 186 g/mol. The average molecular weight is 203 g/mol. The topological polar surface area (TPSA) is 33.0 Å². The van der Waals surface area contributed by atoms with Gasteiger partial charge in [-0.1, -0.05) is 26.3 Å². The Morgan fingerprint density at radius 2 is 2.20 bits per heavy atom. The predicted octanol–water partition coefficient (Wildman–Crippen LogP) is 3.29. The fraction of sp³-hybridized carbons (Fsp3) is 0.462. The molecule has 0 heterocycles. The van der Waals surface area contributed by atoms with Crippen LogP contribution in [-0.2, 0) is 0 Å². The number of benzene rings is 1. The predicted molar refractivity (Wildman–Crippen MR) is 60.8 cm³/mol. The Labute approximate surface area is 91.5 Å². The van der Waals surface area contributed by atoms with Crippen LogP contribution >= 0.6 is 0 Å². The molecule has 1 rings (SSSR count). The summed E-state index contributed by atoms with van der Waals surface area (Å²) in [5.74, 6) is 1.38. The monoisotopic (exact) mass is 203 g/mol. The van der Waals surface area contributed by atoms with Crippen molar-refractivity contribution in [1.29, 1.82) is 5.26 Å². The summed E-state index contributed by atoms with van der Waals surface area (Å²) in [5, 5.41) is 8.77. The van der Waals surface area contributed by atoms with Crippen molar-refractivity contribution in [3.05, 3.63) is 29.3 Å². The molecule has 80 valence electrons. The van der Waals surface area contributed by atoms with Crippen LogP contribution in [0.4, 0.5) is 0 Å². The van der Waals surface area contributed by atoms with E-state index in [0.717, 1.165) is 17.7 Å². The van der Waals surface area contributed by atoms with Crippen LogP contribution in [0.1, 0.15) is 31.4 Å². The van der Waals surface area contributed by atoms with E-state index in [0.29, 0.717) is 18.1 Å². The Kier molecular flexibility index (Phi) is 4.17. The fourth-order valence-electron chi connectivity index (χ4n) is 1.18. The standard InChI is InChI=1S/C13H17NO/c1-4-10(2)9-15-13-7-12(8-14)6-5-11(13)3/h5-7,10H,4,9H2,1-3H3. The molecule has 0 N–H and O–H groups in total. The molecule has 1 atom stereocenters. The first-order valence-electron chi connectivity index (χ1n) is 5.31. The van der Waals surface area contributed by atoms with Crippen LogP contribution in [0.3, 0.4) is 0 Å². The van der Waals surface area contributed by atoms with Crippen molar-refractivity contribution in [2.45, 2.75) is 27.2 Å². The van der Waals surface area contributed by atoms with E-state index >= 15 is 0 Å². The molecule has 0 fully saturated rings. The maximum atomic E-state index is 8.77. The van der Waals surface area contributed by atoms with Crippen LogP contribution in [0.15, 0.2) is 18.2 Å². The normalized spacial score (nSPS) is 11.9. The molecule has 1 aromatic rings. The summed E-state index contributed by atoms with van der Waals surface area (Å²) in [5.41, 5.74) is 1.73. The van der Waals surface area contributed by atoms with Gasteiger partial charge in [-0.25, -0.2) is 0 Å². The van der Waals surface area contributed by atoms with Gasteiger partial charge in [-0.05, 0) is 30.5 Å². The third kappa shape index (κ3) is 3.28. The first kappa shape index (κ1) is 11.6. The molecule has 1 unspecified atom stereocenters. The summed E-state index contributed by atoms with van der Waals surface area (Å²) >= 11 is 0. The number of nitriles is 1.